The minimum atomic E-state index is -1.06. The van der Waals surface area contributed by atoms with Crippen molar-refractivity contribution in [3.05, 3.63) is 18.0 Å². The Bertz CT molecular complexity index is 389. The van der Waals surface area contributed by atoms with Crippen LogP contribution in [0, 0.1) is 0 Å². The highest BCUT2D eigenvalue weighted by Gasteiger charge is 2.33. The lowest BCUT2D eigenvalue weighted by Gasteiger charge is -2.32. The van der Waals surface area contributed by atoms with E-state index in [0.717, 1.165) is 0 Å². The molecule has 2 heterocycles. The Labute approximate surface area is 91.0 Å². The van der Waals surface area contributed by atoms with Crippen LogP contribution in [0.2, 0.25) is 0 Å². The Kier molecular flexibility index (Phi) is 2.86. The molecule has 1 unspecified atom stereocenters. The number of nitrogens with zero attached hydrogens (tertiary/aromatic N) is 2. The normalized spacial score (nSPS) is 20.8. The second kappa shape index (κ2) is 4.31. The lowest BCUT2D eigenvalue weighted by molar-refractivity contribution is -0.147. The molecule has 0 saturated carbocycles. The molecule has 2 N–H and O–H groups in total. The van der Waals surface area contributed by atoms with E-state index in [0.29, 0.717) is 12.2 Å². The summed E-state index contributed by atoms with van der Waals surface area (Å²) in [5, 5.41) is 15.1. The quantitative estimate of drug-likeness (QED) is 0.696. The summed E-state index contributed by atoms with van der Waals surface area (Å²) in [7, 11) is 0. The number of aromatic nitrogens is 2. The Morgan fingerprint density at radius 1 is 1.62 bits per heavy atom. The first kappa shape index (κ1) is 10.6. The first-order valence-electron chi connectivity index (χ1n) is 4.80. The molecule has 0 aromatic carbocycles. The predicted octanol–water partition coefficient (Wildman–Crippen LogP) is -0.665. The van der Waals surface area contributed by atoms with Crippen LogP contribution in [0.15, 0.2) is 12.4 Å². The van der Waals surface area contributed by atoms with Crippen LogP contribution in [0.4, 0.5) is 0 Å². The molecule has 1 aromatic heterocycles. The molecular weight excluding hydrogens is 214 g/mol. The highest BCUT2D eigenvalue weighted by atomic mass is 16.5. The maximum Gasteiger partial charge on any atom is 0.328 e. The third-order valence-electron chi connectivity index (χ3n) is 2.42. The van der Waals surface area contributed by atoms with E-state index in [1.807, 2.05) is 0 Å². The molecule has 0 radical (unpaired) electrons. The van der Waals surface area contributed by atoms with Crippen molar-refractivity contribution in [3.63, 3.8) is 0 Å². The van der Waals surface area contributed by atoms with Gasteiger partial charge in [0.2, 0.25) is 0 Å². The molecule has 7 heteroatoms. The van der Waals surface area contributed by atoms with E-state index in [-0.39, 0.29) is 19.1 Å². The first-order valence-corrected chi connectivity index (χ1v) is 4.80. The molecule has 1 aromatic rings. The summed E-state index contributed by atoms with van der Waals surface area (Å²) in [6, 6.07) is -0.920. The van der Waals surface area contributed by atoms with Gasteiger partial charge in [0.1, 0.15) is 0 Å². The number of hydrogen-bond donors (Lipinski definition) is 2. The van der Waals surface area contributed by atoms with Crippen molar-refractivity contribution < 1.29 is 19.4 Å². The van der Waals surface area contributed by atoms with E-state index in [1.54, 1.807) is 0 Å². The number of amides is 1. The smallest absolute Gasteiger partial charge is 0.328 e. The number of hydrogen-bond acceptors (Lipinski definition) is 4. The molecule has 16 heavy (non-hydrogen) atoms. The number of aliphatic carboxylic acids is 1. The summed E-state index contributed by atoms with van der Waals surface area (Å²) < 4.78 is 5.04. The minimum Gasteiger partial charge on any atom is -0.480 e. The zero-order valence-corrected chi connectivity index (χ0v) is 8.42. The largest absolute Gasteiger partial charge is 0.480 e. The molecule has 1 saturated heterocycles. The predicted molar refractivity (Wildman–Crippen MR) is 51.9 cm³/mol. The van der Waals surface area contributed by atoms with E-state index >= 15 is 0 Å². The van der Waals surface area contributed by atoms with Gasteiger partial charge in [0, 0.05) is 12.7 Å². The summed E-state index contributed by atoms with van der Waals surface area (Å²) in [4.78, 5) is 24.2. The van der Waals surface area contributed by atoms with Crippen molar-refractivity contribution in [2.45, 2.75) is 6.04 Å². The second-order valence-corrected chi connectivity index (χ2v) is 3.41. The molecule has 1 fully saturated rings. The molecule has 0 bridgehead atoms. The highest BCUT2D eigenvalue weighted by molar-refractivity contribution is 5.96. The number of morpholine rings is 1. The highest BCUT2D eigenvalue weighted by Crippen LogP contribution is 2.11. The van der Waals surface area contributed by atoms with Gasteiger partial charge in [0.05, 0.1) is 25.0 Å². The number of H-pyrrole nitrogens is 1. The number of nitrogens with one attached hydrogen (secondary N) is 1. The molecule has 1 atom stereocenters. The van der Waals surface area contributed by atoms with Gasteiger partial charge in [0.15, 0.2) is 6.04 Å². The molecule has 0 spiro atoms. The monoisotopic (exact) mass is 225 g/mol. The van der Waals surface area contributed by atoms with Crippen LogP contribution in [0.25, 0.3) is 0 Å². The number of ether oxygens (including phenoxy) is 1. The van der Waals surface area contributed by atoms with Crippen LogP contribution in [0.3, 0.4) is 0 Å². The molecule has 1 amide bonds. The van der Waals surface area contributed by atoms with Gasteiger partial charge >= 0.3 is 5.97 Å². The fourth-order valence-corrected chi connectivity index (χ4v) is 1.59. The maximum atomic E-state index is 11.9. The van der Waals surface area contributed by atoms with Crippen LogP contribution in [0.5, 0.6) is 0 Å². The molecule has 1 aliphatic heterocycles. The van der Waals surface area contributed by atoms with Gasteiger partial charge in [-0.1, -0.05) is 0 Å². The summed E-state index contributed by atoms with van der Waals surface area (Å²) in [5.41, 5.74) is 0.355. The zero-order valence-electron chi connectivity index (χ0n) is 8.42. The van der Waals surface area contributed by atoms with Crippen molar-refractivity contribution in [2.24, 2.45) is 0 Å². The zero-order chi connectivity index (χ0) is 11.5. The van der Waals surface area contributed by atoms with Crippen LogP contribution in [0.1, 0.15) is 10.4 Å². The molecule has 1 aliphatic rings. The van der Waals surface area contributed by atoms with Crippen molar-refractivity contribution in [1.82, 2.24) is 15.1 Å². The molecular formula is C9H11N3O4. The number of carboxylic acids is 1. The number of carbonyl (C=O) groups excluding carboxylic acids is 1. The lowest BCUT2D eigenvalue weighted by Crippen LogP contribution is -2.52. The number of carboxylic acid groups (broad SMARTS) is 1. The Hall–Kier alpha value is -1.89. The van der Waals surface area contributed by atoms with Gasteiger partial charge in [0.25, 0.3) is 5.91 Å². The molecule has 7 nitrogen and oxygen atoms in total. The van der Waals surface area contributed by atoms with Crippen molar-refractivity contribution in [2.75, 3.05) is 19.8 Å². The van der Waals surface area contributed by atoms with Gasteiger partial charge in [-0.2, -0.15) is 5.10 Å². The van der Waals surface area contributed by atoms with E-state index < -0.39 is 12.0 Å². The standard InChI is InChI=1S/C9H11N3O4/c13-8(6-3-10-11-4-6)12-1-2-16-5-7(12)9(14)15/h3-4,7H,1-2,5H2,(H,10,11)(H,14,15). The lowest BCUT2D eigenvalue weighted by atomic mass is 10.2. The third-order valence-corrected chi connectivity index (χ3v) is 2.42. The van der Waals surface area contributed by atoms with E-state index in [1.165, 1.54) is 17.3 Å². The molecule has 2 rings (SSSR count). The van der Waals surface area contributed by atoms with Crippen LogP contribution in [-0.4, -0.2) is 57.9 Å². The van der Waals surface area contributed by atoms with Crippen molar-refractivity contribution in [3.8, 4) is 0 Å². The average Bonchev–Trinajstić information content (AvgIpc) is 2.81. The first-order chi connectivity index (χ1) is 7.70. The Morgan fingerprint density at radius 3 is 3.06 bits per heavy atom. The topological polar surface area (TPSA) is 95.5 Å². The third kappa shape index (κ3) is 1.89. The maximum absolute atomic E-state index is 11.9. The van der Waals surface area contributed by atoms with Crippen molar-refractivity contribution >= 4 is 11.9 Å². The van der Waals surface area contributed by atoms with Crippen molar-refractivity contribution in [1.29, 1.82) is 0 Å². The van der Waals surface area contributed by atoms with E-state index in [2.05, 4.69) is 10.2 Å². The Morgan fingerprint density at radius 2 is 2.44 bits per heavy atom. The molecule has 86 valence electrons. The van der Waals surface area contributed by atoms with Gasteiger partial charge < -0.3 is 14.7 Å². The number of carbonyl (C=O) groups is 2. The van der Waals surface area contributed by atoms with Gasteiger partial charge in [-0.05, 0) is 0 Å². The van der Waals surface area contributed by atoms with Gasteiger partial charge in [-0.3, -0.25) is 9.89 Å². The second-order valence-electron chi connectivity index (χ2n) is 3.41. The summed E-state index contributed by atoms with van der Waals surface area (Å²) >= 11 is 0. The summed E-state index contributed by atoms with van der Waals surface area (Å²) in [6.07, 6.45) is 2.81. The van der Waals surface area contributed by atoms with Gasteiger partial charge in [-0.25, -0.2) is 4.79 Å². The summed E-state index contributed by atoms with van der Waals surface area (Å²) in [6.45, 7) is 0.660. The minimum absolute atomic E-state index is 0.0267. The van der Waals surface area contributed by atoms with E-state index in [9.17, 15) is 9.59 Å². The Balaban J connectivity index is 2.17. The number of aromatic amines is 1. The van der Waals surface area contributed by atoms with Gasteiger partial charge in [-0.15, -0.1) is 0 Å². The van der Waals surface area contributed by atoms with Crippen LogP contribution < -0.4 is 0 Å². The average molecular weight is 225 g/mol. The molecule has 0 aliphatic carbocycles. The van der Waals surface area contributed by atoms with Crippen LogP contribution in [-0.2, 0) is 9.53 Å². The fourth-order valence-electron chi connectivity index (χ4n) is 1.59. The van der Waals surface area contributed by atoms with E-state index in [4.69, 9.17) is 9.84 Å². The fraction of sp³-hybridized carbons (Fsp3) is 0.444. The van der Waals surface area contributed by atoms with Crippen LogP contribution >= 0.6 is 0 Å². The summed E-state index contributed by atoms with van der Waals surface area (Å²) in [5.74, 6) is -1.40. The number of rotatable bonds is 2. The SMILES string of the molecule is O=C(O)C1COCCN1C(=O)c1cn[nH]c1.